The van der Waals surface area contributed by atoms with E-state index in [0.29, 0.717) is 11.7 Å². The van der Waals surface area contributed by atoms with Gasteiger partial charge in [-0.25, -0.2) is 9.97 Å². The second-order valence-corrected chi connectivity index (χ2v) is 3.86. The summed E-state index contributed by atoms with van der Waals surface area (Å²) >= 11 is 0. The molecule has 0 spiro atoms. The van der Waals surface area contributed by atoms with Gasteiger partial charge in [0.2, 0.25) is 11.7 Å². The van der Waals surface area contributed by atoms with Gasteiger partial charge < -0.3 is 9.73 Å². The van der Waals surface area contributed by atoms with Crippen molar-refractivity contribution in [3.05, 3.63) is 45.8 Å². The maximum atomic E-state index is 10.9. The zero-order chi connectivity index (χ0) is 13.1. The molecule has 0 atom stereocenters. The van der Waals surface area contributed by atoms with E-state index in [0.717, 1.165) is 5.56 Å². The fraction of sp³-hybridized carbons (Fsp3) is 0.273. The number of hydrogen-bond donors (Lipinski definition) is 1. The maximum Gasteiger partial charge on any atom is 0.311 e. The first kappa shape index (κ1) is 12.0. The molecule has 0 aliphatic carbocycles. The molecule has 2 heterocycles. The number of nitrogens with one attached hydrogen (secondary N) is 1. The summed E-state index contributed by atoms with van der Waals surface area (Å²) in [6.45, 7) is 3.79. The molecule has 2 rings (SSSR count). The lowest BCUT2D eigenvalue weighted by Gasteiger charge is -2.04. The van der Waals surface area contributed by atoms with Crippen molar-refractivity contribution < 1.29 is 9.34 Å². The van der Waals surface area contributed by atoms with Crippen LogP contribution in [0.3, 0.4) is 0 Å². The summed E-state index contributed by atoms with van der Waals surface area (Å²) in [7, 11) is 0. The average molecular weight is 248 g/mol. The summed E-state index contributed by atoms with van der Waals surface area (Å²) < 4.78 is 5.26. The van der Waals surface area contributed by atoms with E-state index in [1.165, 1.54) is 6.07 Å². The molecule has 0 aliphatic rings. The smallest absolute Gasteiger partial charge is 0.311 e. The molecule has 0 saturated heterocycles. The largest absolute Gasteiger partial charge is 0.444 e. The Morgan fingerprint density at radius 1 is 1.39 bits per heavy atom. The lowest BCUT2D eigenvalue weighted by atomic mass is 10.3. The fourth-order valence-corrected chi connectivity index (χ4v) is 1.47. The van der Waals surface area contributed by atoms with Crippen LogP contribution in [0.1, 0.15) is 17.2 Å². The van der Waals surface area contributed by atoms with E-state index in [2.05, 4.69) is 15.3 Å². The lowest BCUT2D eigenvalue weighted by Crippen LogP contribution is -2.05. The van der Waals surface area contributed by atoms with Gasteiger partial charge in [-0.3, -0.25) is 10.1 Å². The molecule has 0 radical (unpaired) electrons. The number of rotatable bonds is 4. The van der Waals surface area contributed by atoms with Gasteiger partial charge in [-0.1, -0.05) is 0 Å². The molecule has 2 aromatic heterocycles. The van der Waals surface area contributed by atoms with Crippen molar-refractivity contribution in [2.45, 2.75) is 20.4 Å². The maximum absolute atomic E-state index is 10.9. The summed E-state index contributed by atoms with van der Waals surface area (Å²) in [6.07, 6.45) is 3.16. The van der Waals surface area contributed by atoms with Crippen LogP contribution in [0.15, 0.2) is 22.9 Å². The Morgan fingerprint density at radius 2 is 2.17 bits per heavy atom. The van der Waals surface area contributed by atoms with Crippen LogP contribution in [0.4, 0.5) is 11.5 Å². The fourth-order valence-electron chi connectivity index (χ4n) is 1.47. The SMILES string of the molecule is Cc1cnc(NCc2ncc(C)o2)c([N+](=O)[O-])c1. The minimum atomic E-state index is -0.469. The Hall–Kier alpha value is -2.44. The van der Waals surface area contributed by atoms with Crippen molar-refractivity contribution >= 4 is 11.5 Å². The highest BCUT2D eigenvalue weighted by atomic mass is 16.6. The first-order chi connectivity index (χ1) is 8.56. The van der Waals surface area contributed by atoms with Gasteiger partial charge >= 0.3 is 5.69 Å². The number of hydrogen-bond acceptors (Lipinski definition) is 6. The van der Waals surface area contributed by atoms with Gasteiger partial charge in [0.15, 0.2) is 0 Å². The molecule has 18 heavy (non-hydrogen) atoms. The van der Waals surface area contributed by atoms with Crippen LogP contribution in [0, 0.1) is 24.0 Å². The molecule has 0 amide bonds. The summed E-state index contributed by atoms with van der Waals surface area (Å²) in [5.74, 6) is 1.36. The third-order valence-corrected chi connectivity index (χ3v) is 2.28. The first-order valence-electron chi connectivity index (χ1n) is 5.32. The summed E-state index contributed by atoms with van der Waals surface area (Å²) in [6, 6.07) is 1.47. The van der Waals surface area contributed by atoms with E-state index < -0.39 is 4.92 Å². The molecular weight excluding hydrogens is 236 g/mol. The predicted octanol–water partition coefficient (Wildman–Crippen LogP) is 2.21. The first-order valence-corrected chi connectivity index (χ1v) is 5.32. The number of nitro groups is 1. The zero-order valence-electron chi connectivity index (χ0n) is 10.0. The predicted molar refractivity (Wildman–Crippen MR) is 64.2 cm³/mol. The molecule has 0 aromatic carbocycles. The summed E-state index contributed by atoms with van der Waals surface area (Å²) in [4.78, 5) is 18.4. The number of nitrogens with zero attached hydrogens (tertiary/aromatic N) is 3. The van der Waals surface area contributed by atoms with Crippen LogP contribution in [0.25, 0.3) is 0 Å². The van der Waals surface area contributed by atoms with Crippen LogP contribution in [0.2, 0.25) is 0 Å². The van der Waals surface area contributed by atoms with Crippen molar-refractivity contribution in [3.63, 3.8) is 0 Å². The van der Waals surface area contributed by atoms with Gasteiger partial charge in [0.05, 0.1) is 17.7 Å². The second-order valence-electron chi connectivity index (χ2n) is 3.86. The molecule has 0 bridgehead atoms. The van der Waals surface area contributed by atoms with E-state index in [9.17, 15) is 10.1 Å². The van der Waals surface area contributed by atoms with Gasteiger partial charge in [0.1, 0.15) is 5.76 Å². The van der Waals surface area contributed by atoms with Crippen LogP contribution >= 0.6 is 0 Å². The molecule has 0 unspecified atom stereocenters. The number of pyridine rings is 1. The molecule has 0 aliphatic heterocycles. The van der Waals surface area contributed by atoms with Crippen LogP contribution in [-0.2, 0) is 6.54 Å². The Bertz CT molecular complexity index is 579. The van der Waals surface area contributed by atoms with E-state index >= 15 is 0 Å². The molecular formula is C11H12N4O3. The average Bonchev–Trinajstić information content (AvgIpc) is 2.73. The number of aromatic nitrogens is 2. The third kappa shape index (κ3) is 2.62. The van der Waals surface area contributed by atoms with Gasteiger partial charge in [-0.15, -0.1) is 0 Å². The van der Waals surface area contributed by atoms with E-state index in [4.69, 9.17) is 4.42 Å². The Balaban J connectivity index is 2.16. The summed E-state index contributed by atoms with van der Waals surface area (Å²) in [5, 5.41) is 13.7. The quantitative estimate of drug-likeness (QED) is 0.658. The Labute approximate surface area is 103 Å². The molecule has 0 saturated carbocycles. The van der Waals surface area contributed by atoms with Crippen LogP contribution in [0.5, 0.6) is 0 Å². The van der Waals surface area contributed by atoms with E-state index in [-0.39, 0.29) is 18.1 Å². The highest BCUT2D eigenvalue weighted by Crippen LogP contribution is 2.22. The molecule has 0 fully saturated rings. The monoisotopic (exact) mass is 248 g/mol. The number of aryl methyl sites for hydroxylation is 2. The normalized spacial score (nSPS) is 10.3. The molecule has 7 nitrogen and oxygen atoms in total. The van der Waals surface area contributed by atoms with E-state index in [1.807, 2.05) is 0 Å². The van der Waals surface area contributed by atoms with Gasteiger partial charge in [-0.2, -0.15) is 0 Å². The van der Waals surface area contributed by atoms with Crippen LogP contribution < -0.4 is 5.32 Å². The molecule has 7 heteroatoms. The highest BCUT2D eigenvalue weighted by Gasteiger charge is 2.15. The summed E-state index contributed by atoms with van der Waals surface area (Å²) in [5.41, 5.74) is 0.678. The van der Waals surface area contributed by atoms with Crippen molar-refractivity contribution in [3.8, 4) is 0 Å². The number of anilines is 1. The van der Waals surface area contributed by atoms with Crippen molar-refractivity contribution in [2.75, 3.05) is 5.32 Å². The standard InChI is InChI=1S/C11H12N4O3/c1-7-3-9(15(16)17)11(13-4-7)14-6-10-12-5-8(2)18-10/h3-5H,6H2,1-2H3,(H,13,14). The lowest BCUT2D eigenvalue weighted by molar-refractivity contribution is -0.384. The Morgan fingerprint density at radius 3 is 2.78 bits per heavy atom. The Kier molecular flexibility index (Phi) is 3.22. The molecule has 2 aromatic rings. The van der Waals surface area contributed by atoms with Crippen LogP contribution in [-0.4, -0.2) is 14.9 Å². The highest BCUT2D eigenvalue weighted by molar-refractivity contribution is 5.56. The van der Waals surface area contributed by atoms with Crippen molar-refractivity contribution in [2.24, 2.45) is 0 Å². The minimum absolute atomic E-state index is 0.0571. The van der Waals surface area contributed by atoms with Crippen molar-refractivity contribution in [1.82, 2.24) is 9.97 Å². The van der Waals surface area contributed by atoms with Gasteiger partial charge in [0.25, 0.3) is 0 Å². The van der Waals surface area contributed by atoms with Gasteiger partial charge in [0, 0.05) is 12.3 Å². The van der Waals surface area contributed by atoms with Crippen molar-refractivity contribution in [1.29, 1.82) is 0 Å². The molecule has 94 valence electrons. The van der Waals surface area contributed by atoms with Gasteiger partial charge in [-0.05, 0) is 19.4 Å². The number of oxazole rings is 1. The van der Waals surface area contributed by atoms with E-state index in [1.54, 1.807) is 26.2 Å². The topological polar surface area (TPSA) is 94.1 Å². The second kappa shape index (κ2) is 4.82. The third-order valence-electron chi connectivity index (χ3n) is 2.28. The molecule has 1 N–H and O–H groups in total. The zero-order valence-corrected chi connectivity index (χ0v) is 10.0. The minimum Gasteiger partial charge on any atom is -0.444 e.